The third-order valence-corrected chi connectivity index (χ3v) is 1.90. The van der Waals surface area contributed by atoms with Crippen LogP contribution in [0.4, 0.5) is 14.9 Å². The van der Waals surface area contributed by atoms with E-state index in [4.69, 9.17) is 4.74 Å². The van der Waals surface area contributed by atoms with Crippen LogP contribution in [0.15, 0.2) is 18.2 Å². The Morgan fingerprint density at radius 2 is 2.00 bits per heavy atom. The highest BCUT2D eigenvalue weighted by atomic mass is 19.1. The summed E-state index contributed by atoms with van der Waals surface area (Å²) in [5.74, 6) is -0.127. The van der Waals surface area contributed by atoms with Crippen molar-refractivity contribution in [1.82, 2.24) is 5.32 Å². The third kappa shape index (κ3) is 4.30. The van der Waals surface area contributed by atoms with Crippen LogP contribution in [0, 0.1) is 5.82 Å². The fourth-order valence-electron chi connectivity index (χ4n) is 1.26. The van der Waals surface area contributed by atoms with Crippen molar-refractivity contribution in [3.63, 3.8) is 0 Å². The Kier molecular flexibility index (Phi) is 3.93. The molecule has 0 bridgehead atoms. The Balaban J connectivity index is 2.78. The van der Waals surface area contributed by atoms with Crippen molar-refractivity contribution in [3.05, 3.63) is 24.0 Å². The monoisotopic (exact) mass is 240 g/mol. The number of hydrogen-bond acceptors (Lipinski definition) is 2. The first-order valence-corrected chi connectivity index (χ1v) is 5.24. The molecule has 0 radical (unpaired) electrons. The van der Waals surface area contributed by atoms with Gasteiger partial charge in [0.05, 0.1) is 12.8 Å². The van der Waals surface area contributed by atoms with Crippen molar-refractivity contribution < 1.29 is 13.9 Å². The normalized spacial score (nSPS) is 10.9. The van der Waals surface area contributed by atoms with E-state index in [0.717, 1.165) is 0 Å². The summed E-state index contributed by atoms with van der Waals surface area (Å²) in [6, 6.07) is 3.57. The van der Waals surface area contributed by atoms with E-state index in [1.165, 1.54) is 25.3 Å². The number of halogens is 1. The molecule has 17 heavy (non-hydrogen) atoms. The van der Waals surface area contributed by atoms with Gasteiger partial charge in [-0.2, -0.15) is 0 Å². The second-order valence-corrected chi connectivity index (χ2v) is 4.67. The lowest BCUT2D eigenvalue weighted by Crippen LogP contribution is -2.43. The summed E-state index contributed by atoms with van der Waals surface area (Å²) in [4.78, 5) is 11.6. The Morgan fingerprint density at radius 1 is 1.35 bits per heavy atom. The molecule has 0 aromatic heterocycles. The van der Waals surface area contributed by atoms with Gasteiger partial charge >= 0.3 is 6.03 Å². The maximum atomic E-state index is 12.9. The number of benzene rings is 1. The number of carbonyl (C=O) groups is 1. The van der Waals surface area contributed by atoms with Gasteiger partial charge in [-0.05, 0) is 32.9 Å². The number of rotatable bonds is 2. The molecule has 0 aliphatic heterocycles. The molecular formula is C12H17FN2O2. The molecule has 0 unspecified atom stereocenters. The lowest BCUT2D eigenvalue weighted by molar-refractivity contribution is 0.243. The van der Waals surface area contributed by atoms with Gasteiger partial charge in [0.25, 0.3) is 0 Å². The number of ether oxygens (including phenoxy) is 1. The minimum absolute atomic E-state index is 0.286. The number of anilines is 1. The van der Waals surface area contributed by atoms with E-state index >= 15 is 0 Å². The average molecular weight is 240 g/mol. The standard InChI is InChI=1S/C12H17FN2O2/c1-12(2,3)15-11(16)14-9-6-5-8(13)7-10(9)17-4/h5-7H,1-4H3,(H2,14,15,16). The highest BCUT2D eigenvalue weighted by molar-refractivity contribution is 5.91. The fraction of sp³-hybridized carbons (Fsp3) is 0.417. The molecule has 2 amide bonds. The number of nitrogens with one attached hydrogen (secondary N) is 2. The van der Waals surface area contributed by atoms with E-state index < -0.39 is 5.82 Å². The molecule has 0 aliphatic rings. The van der Waals surface area contributed by atoms with Gasteiger partial charge < -0.3 is 15.4 Å². The van der Waals surface area contributed by atoms with Gasteiger partial charge in [-0.1, -0.05) is 0 Å². The predicted molar refractivity (Wildman–Crippen MR) is 64.9 cm³/mol. The number of urea groups is 1. The number of hydrogen-bond donors (Lipinski definition) is 2. The van der Waals surface area contributed by atoms with Crippen LogP contribution < -0.4 is 15.4 Å². The fourth-order valence-corrected chi connectivity index (χ4v) is 1.26. The van der Waals surface area contributed by atoms with Crippen LogP contribution in [0.25, 0.3) is 0 Å². The highest BCUT2D eigenvalue weighted by Gasteiger charge is 2.15. The van der Waals surface area contributed by atoms with Gasteiger partial charge in [0, 0.05) is 11.6 Å². The van der Waals surface area contributed by atoms with Gasteiger partial charge in [0.15, 0.2) is 0 Å². The van der Waals surface area contributed by atoms with Crippen molar-refractivity contribution in [2.45, 2.75) is 26.3 Å². The summed E-state index contributed by atoms with van der Waals surface area (Å²) in [5.41, 5.74) is 0.0906. The second kappa shape index (κ2) is 5.03. The summed E-state index contributed by atoms with van der Waals surface area (Å²) >= 11 is 0. The zero-order valence-electron chi connectivity index (χ0n) is 10.4. The number of carbonyl (C=O) groups excluding carboxylic acids is 1. The van der Waals surface area contributed by atoms with Crippen LogP contribution in [0.5, 0.6) is 5.75 Å². The SMILES string of the molecule is COc1cc(F)ccc1NC(=O)NC(C)(C)C. The van der Waals surface area contributed by atoms with Crippen LogP contribution in [0.3, 0.4) is 0 Å². The van der Waals surface area contributed by atoms with Crippen LogP contribution >= 0.6 is 0 Å². The van der Waals surface area contributed by atoms with Crippen molar-refractivity contribution in [2.24, 2.45) is 0 Å². The molecule has 1 rings (SSSR count). The summed E-state index contributed by atoms with van der Waals surface area (Å²) < 4.78 is 17.9. The van der Waals surface area contributed by atoms with Crippen LogP contribution in [0.2, 0.25) is 0 Å². The molecule has 1 aromatic carbocycles. The Morgan fingerprint density at radius 3 is 2.53 bits per heavy atom. The molecule has 0 spiro atoms. The molecular weight excluding hydrogens is 223 g/mol. The van der Waals surface area contributed by atoms with Gasteiger partial charge in [-0.3, -0.25) is 0 Å². The Labute approximate surface area is 100 Å². The van der Waals surface area contributed by atoms with E-state index in [1.54, 1.807) is 0 Å². The topological polar surface area (TPSA) is 50.4 Å². The van der Waals surface area contributed by atoms with Gasteiger partial charge in [0.2, 0.25) is 0 Å². The third-order valence-electron chi connectivity index (χ3n) is 1.90. The zero-order valence-corrected chi connectivity index (χ0v) is 10.4. The molecule has 4 nitrogen and oxygen atoms in total. The highest BCUT2D eigenvalue weighted by Crippen LogP contribution is 2.24. The maximum Gasteiger partial charge on any atom is 0.319 e. The lowest BCUT2D eigenvalue weighted by Gasteiger charge is -2.21. The Bertz CT molecular complexity index is 413. The molecule has 0 fully saturated rings. The van der Waals surface area contributed by atoms with Gasteiger partial charge in [0.1, 0.15) is 11.6 Å². The van der Waals surface area contributed by atoms with E-state index in [0.29, 0.717) is 5.69 Å². The smallest absolute Gasteiger partial charge is 0.319 e. The molecule has 2 N–H and O–H groups in total. The minimum Gasteiger partial charge on any atom is -0.494 e. The average Bonchev–Trinajstić information content (AvgIpc) is 2.17. The number of methoxy groups -OCH3 is 1. The molecule has 0 saturated heterocycles. The van der Waals surface area contributed by atoms with E-state index in [-0.39, 0.29) is 17.3 Å². The van der Waals surface area contributed by atoms with E-state index in [1.807, 2.05) is 20.8 Å². The van der Waals surface area contributed by atoms with Crippen molar-refractivity contribution >= 4 is 11.7 Å². The molecule has 5 heteroatoms. The van der Waals surface area contributed by atoms with Crippen LogP contribution in [0.1, 0.15) is 20.8 Å². The first-order valence-electron chi connectivity index (χ1n) is 5.24. The van der Waals surface area contributed by atoms with Gasteiger partial charge in [-0.25, -0.2) is 9.18 Å². The number of amides is 2. The zero-order chi connectivity index (χ0) is 13.1. The minimum atomic E-state index is -0.413. The van der Waals surface area contributed by atoms with Crippen LogP contribution in [-0.2, 0) is 0 Å². The second-order valence-electron chi connectivity index (χ2n) is 4.67. The molecule has 0 atom stereocenters. The molecule has 0 heterocycles. The molecule has 94 valence electrons. The van der Waals surface area contributed by atoms with E-state index in [9.17, 15) is 9.18 Å². The molecule has 0 saturated carbocycles. The van der Waals surface area contributed by atoms with Gasteiger partial charge in [-0.15, -0.1) is 0 Å². The predicted octanol–water partition coefficient (Wildman–Crippen LogP) is 2.75. The summed E-state index contributed by atoms with van der Waals surface area (Å²) in [6.45, 7) is 5.61. The first-order chi connectivity index (χ1) is 7.81. The quantitative estimate of drug-likeness (QED) is 0.835. The largest absolute Gasteiger partial charge is 0.494 e. The van der Waals surface area contributed by atoms with Crippen LogP contribution in [-0.4, -0.2) is 18.7 Å². The maximum absolute atomic E-state index is 12.9. The van der Waals surface area contributed by atoms with E-state index in [2.05, 4.69) is 10.6 Å². The van der Waals surface area contributed by atoms with Crippen molar-refractivity contribution in [1.29, 1.82) is 0 Å². The first kappa shape index (κ1) is 13.3. The summed E-state index contributed by atoms with van der Waals surface area (Å²) in [6.07, 6.45) is 0. The Hall–Kier alpha value is -1.78. The molecule has 0 aliphatic carbocycles. The lowest BCUT2D eigenvalue weighted by atomic mass is 10.1. The molecule has 1 aromatic rings. The van der Waals surface area contributed by atoms with Crippen molar-refractivity contribution in [2.75, 3.05) is 12.4 Å². The summed E-state index contributed by atoms with van der Waals surface area (Å²) in [5, 5.41) is 5.34. The summed E-state index contributed by atoms with van der Waals surface area (Å²) in [7, 11) is 1.42. The van der Waals surface area contributed by atoms with Crippen molar-refractivity contribution in [3.8, 4) is 5.75 Å².